The van der Waals surface area contributed by atoms with Crippen molar-refractivity contribution >= 4 is 29.7 Å². The summed E-state index contributed by atoms with van der Waals surface area (Å²) < 4.78 is 1.80. The van der Waals surface area contributed by atoms with Gasteiger partial charge in [-0.3, -0.25) is 14.5 Å². The zero-order valence-corrected chi connectivity index (χ0v) is 24.3. The van der Waals surface area contributed by atoms with Gasteiger partial charge >= 0.3 is 0 Å². The second-order valence-electron chi connectivity index (χ2n) is 9.93. The van der Waals surface area contributed by atoms with Gasteiger partial charge in [-0.1, -0.05) is 69.9 Å². The van der Waals surface area contributed by atoms with Gasteiger partial charge in [-0.2, -0.15) is 10.4 Å². The topological polar surface area (TPSA) is 79.0 Å². The first-order chi connectivity index (χ1) is 19.5. The lowest BCUT2D eigenvalue weighted by atomic mass is 9.93. The number of amides is 2. The molecule has 40 heavy (non-hydrogen) atoms. The molecule has 6 nitrogen and oxygen atoms in total. The first kappa shape index (κ1) is 29.1. The van der Waals surface area contributed by atoms with Crippen LogP contribution in [0.5, 0.6) is 0 Å². The van der Waals surface area contributed by atoms with Crippen molar-refractivity contribution in [2.45, 2.75) is 64.2 Å². The molecule has 7 heteroatoms. The highest BCUT2D eigenvalue weighted by Gasteiger charge is 2.35. The lowest BCUT2D eigenvalue weighted by Gasteiger charge is -2.27. The Morgan fingerprint density at radius 3 is 2.33 bits per heavy atom. The van der Waals surface area contributed by atoms with Gasteiger partial charge in [0.1, 0.15) is 11.6 Å². The van der Waals surface area contributed by atoms with Gasteiger partial charge in [0.15, 0.2) is 0 Å². The molecule has 0 radical (unpaired) electrons. The summed E-state index contributed by atoms with van der Waals surface area (Å²) >= 11 is 1.84. The molecule has 0 N–H and O–H groups in total. The molecular weight excluding hydrogens is 516 g/mol. The number of rotatable bonds is 12. The lowest BCUT2D eigenvalue weighted by Crippen LogP contribution is -2.43. The van der Waals surface area contributed by atoms with Crippen LogP contribution in [0.15, 0.2) is 82.4 Å². The molecule has 0 unspecified atom stereocenters. The van der Waals surface area contributed by atoms with E-state index in [9.17, 15) is 14.9 Å². The summed E-state index contributed by atoms with van der Waals surface area (Å²) in [4.78, 5) is 29.1. The zero-order valence-electron chi connectivity index (χ0n) is 23.5. The molecule has 1 aromatic heterocycles. The third kappa shape index (κ3) is 6.63. The fourth-order valence-corrected chi connectivity index (χ4v) is 5.66. The summed E-state index contributed by atoms with van der Waals surface area (Å²) in [6.07, 6.45) is 9.77. The van der Waals surface area contributed by atoms with Gasteiger partial charge in [-0.15, -0.1) is 11.8 Å². The van der Waals surface area contributed by atoms with Gasteiger partial charge in [-0.05, 0) is 61.4 Å². The van der Waals surface area contributed by atoms with Gasteiger partial charge in [-0.25, -0.2) is 4.68 Å². The summed E-state index contributed by atoms with van der Waals surface area (Å²) in [5, 5.41) is 14.7. The normalized spacial score (nSPS) is 14.8. The second-order valence-corrected chi connectivity index (χ2v) is 11.1. The summed E-state index contributed by atoms with van der Waals surface area (Å²) in [6, 6.07) is 20.2. The van der Waals surface area contributed by atoms with Crippen molar-refractivity contribution in [3.8, 4) is 23.0 Å². The fraction of sp³-hybridized carbons (Fsp3) is 0.333. The van der Waals surface area contributed by atoms with Crippen molar-refractivity contribution in [2.24, 2.45) is 0 Å². The molecule has 0 aliphatic carbocycles. The van der Waals surface area contributed by atoms with E-state index in [4.69, 9.17) is 5.10 Å². The number of aromatic nitrogens is 2. The number of unbranched alkanes of at least 4 members (excludes halogenated alkanes) is 4. The largest absolute Gasteiger partial charge is 0.274 e. The lowest BCUT2D eigenvalue weighted by molar-refractivity contribution is -0.140. The monoisotopic (exact) mass is 552 g/mol. The van der Waals surface area contributed by atoms with Crippen LogP contribution in [0.3, 0.4) is 0 Å². The van der Waals surface area contributed by atoms with Crippen molar-refractivity contribution in [1.82, 2.24) is 14.7 Å². The second kappa shape index (κ2) is 14.0. The maximum atomic E-state index is 13.6. The Morgan fingerprint density at radius 2 is 1.65 bits per heavy atom. The molecular formula is C33H36N4O2S. The van der Waals surface area contributed by atoms with Crippen LogP contribution in [-0.4, -0.2) is 38.8 Å². The van der Waals surface area contributed by atoms with E-state index in [2.05, 4.69) is 38.1 Å². The highest BCUT2D eigenvalue weighted by molar-refractivity contribution is 7.99. The number of benzene rings is 2. The van der Waals surface area contributed by atoms with Crippen LogP contribution in [0, 0.1) is 11.3 Å². The SMILES string of the molecule is CCCCCCN1C(=O)C(C#N)=C(C)/C(=C\c2cn(-c3ccccc3)nc2-c2ccc(SCCCC)cc2)C1=O. The van der Waals surface area contributed by atoms with Crippen molar-refractivity contribution in [3.05, 3.63) is 83.1 Å². The number of para-hydroxylation sites is 1. The number of hydrogen-bond donors (Lipinski definition) is 0. The number of thioether (sulfide) groups is 1. The van der Waals surface area contributed by atoms with Crippen LogP contribution < -0.4 is 0 Å². The van der Waals surface area contributed by atoms with Crippen LogP contribution in [0.4, 0.5) is 0 Å². The Kier molecular flexibility index (Phi) is 10.2. The molecule has 0 bridgehead atoms. The third-order valence-corrected chi connectivity index (χ3v) is 8.12. The standard InChI is InChI=1S/C33H36N4O2S/c1-4-6-8-12-19-36-32(38)29(24(3)30(22-34)33(36)39)21-26-23-37(27-13-10-9-11-14-27)35-31(26)25-15-17-28(18-16-25)40-20-7-5-2/h9-11,13-18,21,23H,4-8,12,19-20H2,1-3H3/b29-21+. The molecule has 0 atom stereocenters. The number of nitrogens with zero attached hydrogens (tertiary/aromatic N) is 4. The van der Waals surface area contributed by atoms with Crippen molar-refractivity contribution < 1.29 is 9.59 Å². The van der Waals surface area contributed by atoms with E-state index >= 15 is 0 Å². The van der Waals surface area contributed by atoms with Crippen molar-refractivity contribution in [2.75, 3.05) is 12.3 Å². The molecule has 0 saturated carbocycles. The van der Waals surface area contributed by atoms with E-state index < -0.39 is 5.91 Å². The molecule has 2 amide bonds. The summed E-state index contributed by atoms with van der Waals surface area (Å²) in [5.74, 6) is 0.215. The van der Waals surface area contributed by atoms with Crippen LogP contribution in [0.1, 0.15) is 64.9 Å². The fourth-order valence-electron chi connectivity index (χ4n) is 4.66. The predicted molar refractivity (Wildman–Crippen MR) is 162 cm³/mol. The summed E-state index contributed by atoms with van der Waals surface area (Å²) in [5.41, 5.74) is 4.08. The Morgan fingerprint density at radius 1 is 0.925 bits per heavy atom. The number of carbonyl (C=O) groups excluding carboxylic acids is 2. The number of carbonyl (C=O) groups is 2. The van der Waals surface area contributed by atoms with Gasteiger partial charge in [0.05, 0.1) is 11.4 Å². The first-order valence-corrected chi connectivity index (χ1v) is 15.0. The number of imide groups is 1. The minimum absolute atomic E-state index is 0.0202. The number of nitriles is 1. The first-order valence-electron chi connectivity index (χ1n) is 14.1. The molecule has 4 rings (SSSR count). The summed E-state index contributed by atoms with van der Waals surface area (Å²) in [7, 11) is 0. The van der Waals surface area contributed by atoms with E-state index in [0.29, 0.717) is 17.7 Å². The molecule has 2 heterocycles. The minimum Gasteiger partial charge on any atom is -0.274 e. The maximum absolute atomic E-state index is 13.6. The highest BCUT2D eigenvalue weighted by atomic mass is 32.2. The Balaban J connectivity index is 1.76. The quantitative estimate of drug-likeness (QED) is 0.100. The van der Waals surface area contributed by atoms with Crippen molar-refractivity contribution in [1.29, 1.82) is 5.26 Å². The van der Waals surface area contributed by atoms with Crippen LogP contribution in [0.2, 0.25) is 0 Å². The average molecular weight is 553 g/mol. The van der Waals surface area contributed by atoms with Crippen molar-refractivity contribution in [3.63, 3.8) is 0 Å². The molecule has 206 valence electrons. The minimum atomic E-state index is -0.505. The summed E-state index contributed by atoms with van der Waals surface area (Å²) in [6.45, 7) is 6.29. The molecule has 1 aliphatic heterocycles. The third-order valence-electron chi connectivity index (χ3n) is 7.02. The van der Waals surface area contributed by atoms with E-state index in [1.54, 1.807) is 17.7 Å². The van der Waals surface area contributed by atoms with Gasteiger partial charge in [0.2, 0.25) is 0 Å². The highest BCUT2D eigenvalue weighted by Crippen LogP contribution is 2.32. The van der Waals surface area contributed by atoms with Crippen LogP contribution in [0.25, 0.3) is 23.0 Å². The van der Waals surface area contributed by atoms with Gasteiger partial charge in [0, 0.05) is 34.3 Å². The molecule has 1 aliphatic rings. The molecule has 0 fully saturated rings. The van der Waals surface area contributed by atoms with E-state index in [1.165, 1.54) is 22.6 Å². The van der Waals surface area contributed by atoms with Crippen LogP contribution >= 0.6 is 11.8 Å². The van der Waals surface area contributed by atoms with Crippen LogP contribution in [-0.2, 0) is 9.59 Å². The number of hydrogen-bond acceptors (Lipinski definition) is 5. The van der Waals surface area contributed by atoms with E-state index in [0.717, 1.165) is 53.9 Å². The van der Waals surface area contributed by atoms with E-state index in [-0.39, 0.29) is 11.5 Å². The molecule has 2 aromatic carbocycles. The Bertz CT molecular complexity index is 1450. The molecule has 0 spiro atoms. The average Bonchev–Trinajstić information content (AvgIpc) is 3.40. The predicted octanol–water partition coefficient (Wildman–Crippen LogP) is 7.60. The smallest absolute Gasteiger partial charge is 0.271 e. The Labute approximate surface area is 241 Å². The molecule has 3 aromatic rings. The maximum Gasteiger partial charge on any atom is 0.271 e. The molecule has 0 saturated heterocycles. The zero-order chi connectivity index (χ0) is 28.5. The van der Waals surface area contributed by atoms with Gasteiger partial charge < -0.3 is 0 Å². The Hall–Kier alpha value is -3.89. The van der Waals surface area contributed by atoms with Gasteiger partial charge in [0.25, 0.3) is 11.8 Å². The van der Waals surface area contributed by atoms with E-state index in [1.807, 2.05) is 54.4 Å².